The van der Waals surface area contributed by atoms with Crippen LogP contribution in [0.5, 0.6) is 0 Å². The highest BCUT2D eigenvalue weighted by Gasteiger charge is 2.61. The molecule has 0 aliphatic heterocycles. The van der Waals surface area contributed by atoms with Crippen molar-refractivity contribution in [1.29, 1.82) is 0 Å². The standard InChI is InChI=1S/C27H40O5/c1-16(6-9-24(30)31-5)20-7-8-21-25-22(11-13-27(20,21)4)26(3)12-10-19(32-17(2)28)14-18(26)15-23(25)29/h15-16,19-22,25H,6-14H2,1-5H3/t16-,19+,20+,21-,22-,25-,26-,27+/m0/s1. The number of hydrogen-bond acceptors (Lipinski definition) is 5. The van der Waals surface area contributed by atoms with Crippen LogP contribution in [0.3, 0.4) is 0 Å². The lowest BCUT2D eigenvalue weighted by Crippen LogP contribution is -2.53. The maximum absolute atomic E-state index is 13.5. The van der Waals surface area contributed by atoms with Crippen LogP contribution in [0.15, 0.2) is 11.6 Å². The van der Waals surface area contributed by atoms with Crippen molar-refractivity contribution in [2.45, 2.75) is 91.6 Å². The summed E-state index contributed by atoms with van der Waals surface area (Å²) in [4.78, 5) is 36.7. The molecule has 0 spiro atoms. The van der Waals surface area contributed by atoms with Gasteiger partial charge in [0.25, 0.3) is 0 Å². The predicted octanol–water partition coefficient (Wildman–Crippen LogP) is 5.27. The quantitative estimate of drug-likeness (QED) is 0.541. The van der Waals surface area contributed by atoms with Gasteiger partial charge in [-0.1, -0.05) is 26.3 Å². The van der Waals surface area contributed by atoms with Gasteiger partial charge < -0.3 is 9.47 Å². The fourth-order valence-electron chi connectivity index (χ4n) is 8.33. The van der Waals surface area contributed by atoms with Crippen molar-refractivity contribution in [1.82, 2.24) is 0 Å². The van der Waals surface area contributed by atoms with Crippen LogP contribution < -0.4 is 0 Å². The first-order valence-corrected chi connectivity index (χ1v) is 12.6. The molecule has 3 saturated carbocycles. The van der Waals surface area contributed by atoms with Crippen molar-refractivity contribution < 1.29 is 23.9 Å². The fourth-order valence-corrected chi connectivity index (χ4v) is 8.33. The molecule has 4 aliphatic carbocycles. The second kappa shape index (κ2) is 8.61. The molecule has 0 saturated heterocycles. The maximum Gasteiger partial charge on any atom is 0.305 e. The van der Waals surface area contributed by atoms with Gasteiger partial charge in [0.05, 0.1) is 7.11 Å². The third-order valence-corrected chi connectivity index (χ3v) is 10.0. The zero-order chi connectivity index (χ0) is 23.3. The number of rotatable bonds is 5. The number of hydrogen-bond donors (Lipinski definition) is 0. The van der Waals surface area contributed by atoms with E-state index in [9.17, 15) is 14.4 Å². The highest BCUT2D eigenvalue weighted by Crippen LogP contribution is 2.66. The van der Waals surface area contributed by atoms with Crippen LogP contribution in [0.4, 0.5) is 0 Å². The van der Waals surface area contributed by atoms with Crippen LogP contribution in [-0.4, -0.2) is 30.9 Å². The summed E-state index contributed by atoms with van der Waals surface area (Å²) in [5.41, 5.74) is 1.43. The van der Waals surface area contributed by atoms with Crippen LogP contribution in [0.2, 0.25) is 0 Å². The molecule has 0 bridgehead atoms. The summed E-state index contributed by atoms with van der Waals surface area (Å²) >= 11 is 0. The molecule has 4 aliphatic rings. The Morgan fingerprint density at radius 3 is 2.56 bits per heavy atom. The van der Waals surface area contributed by atoms with Crippen molar-refractivity contribution in [2.75, 3.05) is 7.11 Å². The molecule has 4 rings (SSSR count). The van der Waals surface area contributed by atoms with Crippen LogP contribution in [0, 0.1) is 40.4 Å². The van der Waals surface area contributed by atoms with E-state index in [0.29, 0.717) is 42.3 Å². The summed E-state index contributed by atoms with van der Waals surface area (Å²) in [6.07, 6.45) is 10.3. The largest absolute Gasteiger partial charge is 0.469 e. The van der Waals surface area contributed by atoms with E-state index in [4.69, 9.17) is 9.47 Å². The van der Waals surface area contributed by atoms with Crippen molar-refractivity contribution in [2.24, 2.45) is 40.4 Å². The minimum atomic E-state index is -0.231. The molecule has 0 radical (unpaired) electrons. The zero-order valence-electron chi connectivity index (χ0n) is 20.4. The monoisotopic (exact) mass is 444 g/mol. The van der Waals surface area contributed by atoms with E-state index in [0.717, 1.165) is 44.9 Å². The third kappa shape index (κ3) is 3.84. The number of carbonyl (C=O) groups excluding carboxylic acids is 3. The number of ether oxygens (including phenoxy) is 2. The topological polar surface area (TPSA) is 69.7 Å². The summed E-state index contributed by atoms with van der Waals surface area (Å²) in [5.74, 6) is 1.92. The summed E-state index contributed by atoms with van der Waals surface area (Å²) in [6.45, 7) is 8.54. The summed E-state index contributed by atoms with van der Waals surface area (Å²) in [5, 5.41) is 0. The van der Waals surface area contributed by atoms with Crippen LogP contribution in [-0.2, 0) is 23.9 Å². The molecule has 0 amide bonds. The van der Waals surface area contributed by atoms with Crippen LogP contribution >= 0.6 is 0 Å². The van der Waals surface area contributed by atoms with Crippen molar-refractivity contribution >= 4 is 17.7 Å². The molecular weight excluding hydrogens is 404 g/mol. The van der Waals surface area contributed by atoms with Gasteiger partial charge in [-0.3, -0.25) is 14.4 Å². The molecular formula is C27H40O5. The van der Waals surface area contributed by atoms with E-state index in [2.05, 4.69) is 20.8 Å². The Morgan fingerprint density at radius 1 is 1.12 bits per heavy atom. The Balaban J connectivity index is 1.54. The smallest absolute Gasteiger partial charge is 0.305 e. The molecule has 0 N–H and O–H groups in total. The van der Waals surface area contributed by atoms with Gasteiger partial charge in [0.2, 0.25) is 0 Å². The lowest BCUT2D eigenvalue weighted by atomic mass is 9.46. The average Bonchev–Trinajstić information content (AvgIpc) is 3.09. The number of esters is 2. The van der Waals surface area contributed by atoms with Crippen molar-refractivity contribution in [3.05, 3.63) is 11.6 Å². The summed E-state index contributed by atoms with van der Waals surface area (Å²) in [7, 11) is 1.46. The Hall–Kier alpha value is -1.65. The molecule has 0 aromatic carbocycles. The van der Waals surface area contributed by atoms with Gasteiger partial charge in [-0.05, 0) is 85.5 Å². The number of carbonyl (C=O) groups is 3. The molecule has 0 heterocycles. The molecule has 8 atom stereocenters. The molecule has 32 heavy (non-hydrogen) atoms. The first-order valence-electron chi connectivity index (χ1n) is 12.6. The first kappa shape index (κ1) is 23.5. The summed E-state index contributed by atoms with van der Waals surface area (Å²) in [6, 6.07) is 0. The minimum absolute atomic E-state index is 0.0468. The molecule has 0 aromatic rings. The minimum Gasteiger partial charge on any atom is -0.469 e. The van der Waals surface area contributed by atoms with Crippen molar-refractivity contribution in [3.63, 3.8) is 0 Å². The molecule has 0 unspecified atom stereocenters. The van der Waals surface area contributed by atoms with E-state index in [1.165, 1.54) is 19.6 Å². The molecule has 5 nitrogen and oxygen atoms in total. The van der Waals surface area contributed by atoms with E-state index < -0.39 is 0 Å². The third-order valence-electron chi connectivity index (χ3n) is 10.0. The molecule has 5 heteroatoms. The van der Waals surface area contributed by atoms with Gasteiger partial charge in [0, 0.05) is 25.7 Å². The molecule has 3 fully saturated rings. The second-order valence-corrected chi connectivity index (χ2v) is 11.5. The Kier molecular flexibility index (Phi) is 6.32. The number of fused-ring (bicyclic) bond motifs is 5. The Labute approximate surface area is 192 Å². The predicted molar refractivity (Wildman–Crippen MR) is 122 cm³/mol. The Morgan fingerprint density at radius 2 is 1.88 bits per heavy atom. The fraction of sp³-hybridized carbons (Fsp3) is 0.815. The van der Waals surface area contributed by atoms with Gasteiger partial charge in [0.1, 0.15) is 6.10 Å². The van der Waals surface area contributed by atoms with Crippen LogP contribution in [0.1, 0.15) is 85.5 Å². The maximum atomic E-state index is 13.5. The van der Waals surface area contributed by atoms with Crippen molar-refractivity contribution in [3.8, 4) is 0 Å². The SMILES string of the molecule is COC(=O)CC[C@H](C)[C@H]1CC[C@H]2[C@@H]3C(=O)C=C4C[C@H](OC(C)=O)CC[C@]4(C)[C@H]3CC[C@]12C. The van der Waals surface area contributed by atoms with Crippen LogP contribution in [0.25, 0.3) is 0 Å². The Bertz CT molecular complexity index is 815. The average molecular weight is 445 g/mol. The number of methoxy groups -OCH3 is 1. The van der Waals surface area contributed by atoms with E-state index in [-0.39, 0.29) is 34.8 Å². The highest BCUT2D eigenvalue weighted by atomic mass is 16.5. The van der Waals surface area contributed by atoms with E-state index in [1.807, 2.05) is 6.08 Å². The van der Waals surface area contributed by atoms with E-state index in [1.54, 1.807) is 0 Å². The first-order chi connectivity index (χ1) is 15.1. The molecule has 178 valence electrons. The van der Waals surface area contributed by atoms with E-state index >= 15 is 0 Å². The second-order valence-electron chi connectivity index (χ2n) is 11.5. The van der Waals surface area contributed by atoms with Gasteiger partial charge in [-0.15, -0.1) is 0 Å². The summed E-state index contributed by atoms with van der Waals surface area (Å²) < 4.78 is 10.4. The number of ketones is 1. The molecule has 0 aromatic heterocycles. The van der Waals surface area contributed by atoms with Gasteiger partial charge in [-0.25, -0.2) is 0 Å². The normalized spacial score (nSPS) is 41.6. The zero-order valence-corrected chi connectivity index (χ0v) is 20.4. The lowest BCUT2D eigenvalue weighted by molar-refractivity contribution is -0.149. The highest BCUT2D eigenvalue weighted by molar-refractivity contribution is 5.94. The lowest BCUT2D eigenvalue weighted by Gasteiger charge is -2.57. The van der Waals surface area contributed by atoms with Gasteiger partial charge >= 0.3 is 11.9 Å². The number of allylic oxidation sites excluding steroid dienone is 1. The van der Waals surface area contributed by atoms with Gasteiger partial charge in [-0.2, -0.15) is 0 Å². The van der Waals surface area contributed by atoms with Gasteiger partial charge in [0.15, 0.2) is 5.78 Å².